The lowest BCUT2D eigenvalue weighted by molar-refractivity contribution is -0.184. The molecule has 0 saturated heterocycles. The number of carbonyl (C=O) groups is 2. The molecule has 2 fully saturated rings. The lowest BCUT2D eigenvalue weighted by Gasteiger charge is -2.30. The molecule has 22 heavy (non-hydrogen) atoms. The normalized spacial score (nSPS) is 33.5. The molecule has 0 aromatic heterocycles. The molecule has 0 atom stereocenters. The van der Waals surface area contributed by atoms with Crippen molar-refractivity contribution in [2.75, 3.05) is 0 Å². The van der Waals surface area contributed by atoms with Crippen molar-refractivity contribution < 1.29 is 22.8 Å². The lowest BCUT2D eigenvalue weighted by atomic mass is 9.74. The number of carbonyl (C=O) groups excluding carboxylic acids is 2. The maximum absolute atomic E-state index is 12.6. The Morgan fingerprint density at radius 2 is 1.23 bits per heavy atom. The van der Waals surface area contributed by atoms with Gasteiger partial charge in [0, 0.05) is 11.8 Å². The van der Waals surface area contributed by atoms with E-state index in [0.29, 0.717) is 5.92 Å². The van der Waals surface area contributed by atoms with Crippen LogP contribution >= 0.6 is 0 Å². The minimum absolute atomic E-state index is 0.0181. The summed E-state index contributed by atoms with van der Waals surface area (Å²) in [5.74, 6) is -2.02. The molecule has 0 aliphatic heterocycles. The molecule has 0 unspecified atom stereocenters. The number of Topliss-reactive ketones (excluding diaryl/α,β-unsaturated/α-hetero) is 2. The summed E-state index contributed by atoms with van der Waals surface area (Å²) in [6.45, 7) is 2.14. The highest BCUT2D eigenvalue weighted by atomic mass is 19.4. The third-order valence-corrected chi connectivity index (χ3v) is 5.60. The second kappa shape index (κ2) is 7.14. The standard InChI is InChI=1S/C17H25F3O2/c1-2-11-3-5-12(6-4-11)15(21)16(22)13-7-9-14(10-8-13)17(18,19)20/h11-14H,2-10H2,1H3. The monoisotopic (exact) mass is 318 g/mol. The van der Waals surface area contributed by atoms with E-state index >= 15 is 0 Å². The summed E-state index contributed by atoms with van der Waals surface area (Å²) in [5, 5.41) is 0. The zero-order valence-electron chi connectivity index (χ0n) is 13.1. The fourth-order valence-electron chi connectivity index (χ4n) is 3.92. The van der Waals surface area contributed by atoms with Crippen LogP contribution in [0, 0.1) is 23.7 Å². The van der Waals surface area contributed by atoms with Crippen LogP contribution in [0.4, 0.5) is 13.2 Å². The maximum Gasteiger partial charge on any atom is 0.391 e. The van der Waals surface area contributed by atoms with Crippen molar-refractivity contribution >= 4 is 11.6 Å². The summed E-state index contributed by atoms with van der Waals surface area (Å²) >= 11 is 0. The number of rotatable bonds is 4. The highest BCUT2D eigenvalue weighted by Crippen LogP contribution is 2.40. The molecule has 5 heteroatoms. The Bertz CT molecular complexity index is 401. The zero-order chi connectivity index (χ0) is 16.3. The van der Waals surface area contributed by atoms with Gasteiger partial charge >= 0.3 is 6.18 Å². The van der Waals surface area contributed by atoms with Crippen molar-refractivity contribution in [1.82, 2.24) is 0 Å². The van der Waals surface area contributed by atoms with E-state index in [-0.39, 0.29) is 37.4 Å². The molecule has 2 aliphatic rings. The maximum atomic E-state index is 12.6. The predicted molar refractivity (Wildman–Crippen MR) is 77.3 cm³/mol. The lowest BCUT2D eigenvalue weighted by Crippen LogP contribution is -2.36. The Kier molecular flexibility index (Phi) is 5.67. The van der Waals surface area contributed by atoms with Crippen molar-refractivity contribution in [2.24, 2.45) is 23.7 Å². The van der Waals surface area contributed by atoms with Crippen LogP contribution < -0.4 is 0 Å². The topological polar surface area (TPSA) is 34.1 Å². The number of ketones is 2. The van der Waals surface area contributed by atoms with E-state index in [0.717, 1.165) is 32.1 Å². The molecule has 2 saturated carbocycles. The summed E-state index contributed by atoms with van der Waals surface area (Å²) in [6.07, 6.45) is 0.820. The largest absolute Gasteiger partial charge is 0.391 e. The predicted octanol–water partition coefficient (Wildman–Crippen LogP) is 4.71. The van der Waals surface area contributed by atoms with Gasteiger partial charge in [0.2, 0.25) is 11.6 Å². The fraction of sp³-hybridized carbons (Fsp3) is 0.882. The average Bonchev–Trinajstić information content (AvgIpc) is 2.53. The van der Waals surface area contributed by atoms with Crippen molar-refractivity contribution in [3.05, 3.63) is 0 Å². The van der Waals surface area contributed by atoms with Gasteiger partial charge in [-0.05, 0) is 57.3 Å². The molecule has 0 aromatic rings. The molecule has 0 radical (unpaired) electrons. The van der Waals surface area contributed by atoms with E-state index < -0.39 is 23.8 Å². The van der Waals surface area contributed by atoms with Gasteiger partial charge in [-0.3, -0.25) is 9.59 Å². The summed E-state index contributed by atoms with van der Waals surface area (Å²) < 4.78 is 37.9. The third-order valence-electron chi connectivity index (χ3n) is 5.60. The minimum atomic E-state index is -4.17. The molecule has 2 nitrogen and oxygen atoms in total. The molecule has 0 bridgehead atoms. The second-order valence-electron chi connectivity index (χ2n) is 6.94. The van der Waals surface area contributed by atoms with Gasteiger partial charge in [-0.1, -0.05) is 13.3 Å². The van der Waals surface area contributed by atoms with E-state index in [4.69, 9.17) is 0 Å². The van der Waals surface area contributed by atoms with Crippen LogP contribution in [0.5, 0.6) is 0 Å². The first kappa shape index (κ1) is 17.5. The molecule has 2 rings (SSSR count). The first-order valence-electron chi connectivity index (χ1n) is 8.47. The van der Waals surface area contributed by atoms with Gasteiger partial charge in [-0.25, -0.2) is 0 Å². The first-order chi connectivity index (χ1) is 10.3. The Morgan fingerprint density at radius 3 is 1.59 bits per heavy atom. The molecule has 0 heterocycles. The second-order valence-corrected chi connectivity index (χ2v) is 6.94. The van der Waals surface area contributed by atoms with Crippen LogP contribution in [0.25, 0.3) is 0 Å². The Balaban J connectivity index is 1.84. The highest BCUT2D eigenvalue weighted by Gasteiger charge is 2.43. The van der Waals surface area contributed by atoms with Crippen LogP contribution in [-0.4, -0.2) is 17.7 Å². The Labute approximate surface area is 129 Å². The van der Waals surface area contributed by atoms with Gasteiger partial charge in [0.25, 0.3) is 0 Å². The summed E-state index contributed by atoms with van der Waals surface area (Å²) in [7, 11) is 0. The van der Waals surface area contributed by atoms with Crippen molar-refractivity contribution in [3.63, 3.8) is 0 Å². The van der Waals surface area contributed by atoms with Gasteiger partial charge in [0.05, 0.1) is 5.92 Å². The van der Waals surface area contributed by atoms with Gasteiger partial charge in [-0.15, -0.1) is 0 Å². The number of hydrogen-bond acceptors (Lipinski definition) is 2. The van der Waals surface area contributed by atoms with Gasteiger partial charge in [0.15, 0.2) is 0 Å². The molecule has 0 amide bonds. The molecule has 126 valence electrons. The van der Waals surface area contributed by atoms with E-state index in [1.54, 1.807) is 0 Å². The number of halogens is 3. The zero-order valence-corrected chi connectivity index (χ0v) is 13.1. The first-order valence-corrected chi connectivity index (χ1v) is 8.47. The van der Waals surface area contributed by atoms with E-state index in [1.807, 2.05) is 0 Å². The molecular weight excluding hydrogens is 293 g/mol. The smallest absolute Gasteiger partial charge is 0.291 e. The van der Waals surface area contributed by atoms with Gasteiger partial charge < -0.3 is 0 Å². The average molecular weight is 318 g/mol. The summed E-state index contributed by atoms with van der Waals surface area (Å²) in [4.78, 5) is 24.6. The molecule has 0 N–H and O–H groups in total. The number of alkyl halides is 3. The van der Waals surface area contributed by atoms with Crippen molar-refractivity contribution in [1.29, 1.82) is 0 Å². The molecular formula is C17H25F3O2. The fourth-order valence-corrected chi connectivity index (χ4v) is 3.92. The Hall–Kier alpha value is -0.870. The van der Waals surface area contributed by atoms with E-state index in [1.165, 1.54) is 0 Å². The van der Waals surface area contributed by atoms with Crippen molar-refractivity contribution in [3.8, 4) is 0 Å². The third kappa shape index (κ3) is 4.11. The highest BCUT2D eigenvalue weighted by molar-refractivity contribution is 6.38. The Morgan fingerprint density at radius 1 is 0.818 bits per heavy atom. The summed E-state index contributed by atoms with van der Waals surface area (Å²) in [5.41, 5.74) is 0. The SMILES string of the molecule is CCC1CCC(C(=O)C(=O)C2CCC(C(F)(F)F)CC2)CC1. The van der Waals surface area contributed by atoms with Crippen LogP contribution in [-0.2, 0) is 9.59 Å². The molecule has 2 aliphatic carbocycles. The van der Waals surface area contributed by atoms with Crippen LogP contribution in [0.15, 0.2) is 0 Å². The van der Waals surface area contributed by atoms with Crippen LogP contribution in [0.1, 0.15) is 64.7 Å². The number of hydrogen-bond donors (Lipinski definition) is 0. The minimum Gasteiger partial charge on any atom is -0.291 e. The van der Waals surface area contributed by atoms with Crippen LogP contribution in [0.3, 0.4) is 0 Å². The van der Waals surface area contributed by atoms with E-state index in [2.05, 4.69) is 6.92 Å². The van der Waals surface area contributed by atoms with Gasteiger partial charge in [-0.2, -0.15) is 13.2 Å². The molecule has 0 aromatic carbocycles. The van der Waals surface area contributed by atoms with Crippen LogP contribution in [0.2, 0.25) is 0 Å². The molecule has 0 spiro atoms. The quantitative estimate of drug-likeness (QED) is 0.704. The summed E-state index contributed by atoms with van der Waals surface area (Å²) in [6, 6.07) is 0. The van der Waals surface area contributed by atoms with Crippen molar-refractivity contribution in [2.45, 2.75) is 70.9 Å². The van der Waals surface area contributed by atoms with Gasteiger partial charge in [0.1, 0.15) is 0 Å². The van der Waals surface area contributed by atoms with E-state index in [9.17, 15) is 22.8 Å².